The molecule has 1 fully saturated rings. The highest BCUT2D eigenvalue weighted by atomic mass is 19.4. The molecule has 0 bridgehead atoms. The maximum atomic E-state index is 12.6. The first-order valence-electron chi connectivity index (χ1n) is 5.87. The van der Waals surface area contributed by atoms with Crippen molar-refractivity contribution in [1.82, 2.24) is 9.80 Å². The van der Waals surface area contributed by atoms with E-state index in [9.17, 15) is 13.2 Å². The average molecular weight is 253 g/mol. The Hall–Kier alpha value is -0.330. The van der Waals surface area contributed by atoms with E-state index in [0.29, 0.717) is 13.1 Å². The normalized spacial score (nSPS) is 24.9. The van der Waals surface area contributed by atoms with Crippen molar-refractivity contribution in [2.45, 2.75) is 25.6 Å². The highest BCUT2D eigenvalue weighted by Crippen LogP contribution is 2.28. The lowest BCUT2D eigenvalue weighted by molar-refractivity contribution is -0.178. The first-order valence-corrected chi connectivity index (χ1v) is 5.87. The summed E-state index contributed by atoms with van der Waals surface area (Å²) < 4.78 is 37.9. The highest BCUT2D eigenvalue weighted by molar-refractivity contribution is 4.89. The van der Waals surface area contributed by atoms with Crippen LogP contribution in [0.3, 0.4) is 0 Å². The minimum atomic E-state index is -4.19. The molecule has 17 heavy (non-hydrogen) atoms. The number of likely N-dealkylation sites (N-methyl/N-ethyl adjacent to an activating group) is 1. The molecule has 1 unspecified atom stereocenters. The third-order valence-corrected chi connectivity index (χ3v) is 3.62. The molecule has 0 aromatic rings. The zero-order chi connectivity index (χ0) is 13.3. The van der Waals surface area contributed by atoms with Gasteiger partial charge in [0.05, 0.1) is 5.92 Å². The summed E-state index contributed by atoms with van der Waals surface area (Å²) >= 11 is 0. The molecular formula is C11H22F3N3. The predicted octanol–water partition coefficient (Wildman–Crippen LogP) is 1.15. The minimum absolute atomic E-state index is 0.0112. The van der Waals surface area contributed by atoms with Gasteiger partial charge < -0.3 is 5.73 Å². The van der Waals surface area contributed by atoms with Crippen LogP contribution in [0, 0.1) is 5.92 Å². The molecule has 1 saturated heterocycles. The highest BCUT2D eigenvalue weighted by Gasteiger charge is 2.41. The molecule has 6 heteroatoms. The molecule has 0 aliphatic carbocycles. The van der Waals surface area contributed by atoms with Gasteiger partial charge in [-0.2, -0.15) is 13.2 Å². The lowest BCUT2D eigenvalue weighted by Gasteiger charge is -2.46. The van der Waals surface area contributed by atoms with Gasteiger partial charge in [-0.05, 0) is 20.9 Å². The standard InChI is InChI=1S/C11H22F3N3/c1-10(2)8-17(5-4-16(10)3)7-9(6-15)11(12,13)14/h9H,4-8,15H2,1-3H3. The van der Waals surface area contributed by atoms with Gasteiger partial charge in [0.15, 0.2) is 0 Å². The van der Waals surface area contributed by atoms with Crippen molar-refractivity contribution in [2.75, 3.05) is 39.8 Å². The number of piperazine rings is 1. The van der Waals surface area contributed by atoms with Gasteiger partial charge in [-0.3, -0.25) is 9.80 Å². The van der Waals surface area contributed by atoms with Crippen LogP contribution in [0.25, 0.3) is 0 Å². The Balaban J connectivity index is 2.58. The lowest BCUT2D eigenvalue weighted by Crippen LogP contribution is -2.59. The monoisotopic (exact) mass is 253 g/mol. The summed E-state index contributed by atoms with van der Waals surface area (Å²) in [5.41, 5.74) is 5.13. The topological polar surface area (TPSA) is 32.5 Å². The summed E-state index contributed by atoms with van der Waals surface area (Å²) in [5.74, 6) is -1.42. The fraction of sp³-hybridized carbons (Fsp3) is 1.00. The quantitative estimate of drug-likeness (QED) is 0.819. The number of nitrogens with zero attached hydrogens (tertiary/aromatic N) is 2. The zero-order valence-corrected chi connectivity index (χ0v) is 10.7. The van der Waals surface area contributed by atoms with E-state index in [1.54, 1.807) is 0 Å². The maximum Gasteiger partial charge on any atom is 0.394 e. The second-order valence-corrected chi connectivity index (χ2v) is 5.44. The SMILES string of the molecule is CN1CCN(CC(CN)C(F)(F)F)CC1(C)C. The Labute approximate surface area is 101 Å². The Morgan fingerprint density at radius 1 is 1.29 bits per heavy atom. The first kappa shape index (κ1) is 14.7. The van der Waals surface area contributed by atoms with E-state index in [1.807, 2.05) is 25.8 Å². The molecule has 1 aliphatic rings. The van der Waals surface area contributed by atoms with Gasteiger partial charge in [-0.15, -0.1) is 0 Å². The number of halogens is 3. The summed E-state index contributed by atoms with van der Waals surface area (Å²) in [5, 5.41) is 0. The van der Waals surface area contributed by atoms with E-state index in [-0.39, 0.29) is 18.6 Å². The van der Waals surface area contributed by atoms with Gasteiger partial charge in [-0.25, -0.2) is 0 Å². The molecule has 2 N–H and O–H groups in total. The van der Waals surface area contributed by atoms with E-state index < -0.39 is 12.1 Å². The third kappa shape index (κ3) is 3.82. The summed E-state index contributed by atoms with van der Waals surface area (Å²) in [6.45, 7) is 5.88. The van der Waals surface area contributed by atoms with Crippen molar-refractivity contribution in [2.24, 2.45) is 11.7 Å². The minimum Gasteiger partial charge on any atom is -0.330 e. The second kappa shape index (κ2) is 5.12. The van der Waals surface area contributed by atoms with Crippen LogP contribution in [0.15, 0.2) is 0 Å². The molecule has 0 spiro atoms. The molecule has 0 aromatic heterocycles. The van der Waals surface area contributed by atoms with Gasteiger partial charge in [0.1, 0.15) is 0 Å². The van der Waals surface area contributed by atoms with Crippen molar-refractivity contribution in [3.63, 3.8) is 0 Å². The summed E-state index contributed by atoms with van der Waals surface area (Å²) in [7, 11) is 2.00. The van der Waals surface area contributed by atoms with E-state index in [2.05, 4.69) is 4.90 Å². The van der Waals surface area contributed by atoms with E-state index in [1.165, 1.54) is 0 Å². The van der Waals surface area contributed by atoms with E-state index >= 15 is 0 Å². The van der Waals surface area contributed by atoms with Gasteiger partial charge in [0.2, 0.25) is 0 Å². The fourth-order valence-electron chi connectivity index (χ4n) is 2.12. The molecule has 1 rings (SSSR count). The smallest absolute Gasteiger partial charge is 0.330 e. The van der Waals surface area contributed by atoms with Crippen molar-refractivity contribution < 1.29 is 13.2 Å². The average Bonchev–Trinajstić information content (AvgIpc) is 2.17. The van der Waals surface area contributed by atoms with Crippen LogP contribution in [0.1, 0.15) is 13.8 Å². The van der Waals surface area contributed by atoms with E-state index in [4.69, 9.17) is 5.73 Å². The lowest BCUT2D eigenvalue weighted by atomic mass is 9.98. The third-order valence-electron chi connectivity index (χ3n) is 3.62. The molecule has 0 amide bonds. The van der Waals surface area contributed by atoms with Crippen LogP contribution in [0.5, 0.6) is 0 Å². The molecule has 0 saturated carbocycles. The molecule has 3 nitrogen and oxygen atoms in total. The number of rotatable bonds is 3. The summed E-state index contributed by atoms with van der Waals surface area (Å²) in [6, 6.07) is 0. The largest absolute Gasteiger partial charge is 0.394 e. The number of hydrogen-bond acceptors (Lipinski definition) is 3. The van der Waals surface area contributed by atoms with Crippen LogP contribution in [-0.2, 0) is 0 Å². The zero-order valence-electron chi connectivity index (χ0n) is 10.7. The van der Waals surface area contributed by atoms with Crippen LogP contribution in [0.4, 0.5) is 13.2 Å². The molecule has 0 aromatic carbocycles. The molecular weight excluding hydrogens is 231 g/mol. The van der Waals surface area contributed by atoms with Crippen LogP contribution in [0.2, 0.25) is 0 Å². The van der Waals surface area contributed by atoms with Crippen LogP contribution in [-0.4, -0.2) is 61.3 Å². The maximum absolute atomic E-state index is 12.6. The molecule has 102 valence electrons. The Morgan fingerprint density at radius 2 is 1.88 bits per heavy atom. The van der Waals surface area contributed by atoms with E-state index in [0.717, 1.165) is 6.54 Å². The van der Waals surface area contributed by atoms with Gasteiger partial charge in [-0.1, -0.05) is 0 Å². The molecule has 1 heterocycles. The van der Waals surface area contributed by atoms with Crippen molar-refractivity contribution in [3.05, 3.63) is 0 Å². The Bertz CT molecular complexity index is 253. The number of alkyl halides is 3. The molecule has 0 radical (unpaired) electrons. The second-order valence-electron chi connectivity index (χ2n) is 5.44. The van der Waals surface area contributed by atoms with Crippen LogP contribution < -0.4 is 5.73 Å². The Morgan fingerprint density at radius 3 is 2.29 bits per heavy atom. The van der Waals surface area contributed by atoms with Gasteiger partial charge >= 0.3 is 6.18 Å². The molecule has 1 aliphatic heterocycles. The Kier molecular flexibility index (Phi) is 4.43. The van der Waals surface area contributed by atoms with Gasteiger partial charge in [0.25, 0.3) is 0 Å². The van der Waals surface area contributed by atoms with Crippen molar-refractivity contribution in [3.8, 4) is 0 Å². The van der Waals surface area contributed by atoms with Crippen molar-refractivity contribution >= 4 is 0 Å². The number of nitrogens with two attached hydrogens (primary N) is 1. The molecule has 1 atom stereocenters. The van der Waals surface area contributed by atoms with Gasteiger partial charge in [0, 0.05) is 38.3 Å². The number of hydrogen-bond donors (Lipinski definition) is 1. The summed E-state index contributed by atoms with van der Waals surface area (Å²) in [6.07, 6.45) is -4.19. The van der Waals surface area contributed by atoms with Crippen LogP contribution >= 0.6 is 0 Å². The summed E-state index contributed by atoms with van der Waals surface area (Å²) in [4.78, 5) is 4.04. The van der Waals surface area contributed by atoms with Crippen molar-refractivity contribution in [1.29, 1.82) is 0 Å². The fourth-order valence-corrected chi connectivity index (χ4v) is 2.12. The first-order chi connectivity index (χ1) is 7.66. The predicted molar refractivity (Wildman–Crippen MR) is 61.7 cm³/mol.